The first-order chi connectivity index (χ1) is 21.3. The fourth-order valence-electron chi connectivity index (χ4n) is 7.50. The number of halogens is 4. The fourth-order valence-corrected chi connectivity index (χ4v) is 8.71. The Labute approximate surface area is 272 Å². The molecule has 0 spiro atoms. The van der Waals surface area contributed by atoms with Crippen LogP contribution in [0.5, 0.6) is 5.75 Å². The summed E-state index contributed by atoms with van der Waals surface area (Å²) >= 11 is 21.2. The summed E-state index contributed by atoms with van der Waals surface area (Å²) in [6.07, 6.45) is 3.08. The van der Waals surface area contributed by atoms with Gasteiger partial charge in [0.05, 0.1) is 17.5 Å². The van der Waals surface area contributed by atoms with Crippen LogP contribution in [-0.4, -0.2) is 61.0 Å². The van der Waals surface area contributed by atoms with Crippen LogP contribution in [0, 0.1) is 23.6 Å². The molecule has 2 N–H and O–H groups in total. The topological polar surface area (TPSA) is 132 Å². The Bertz CT molecular complexity index is 1670. The number of phenols is 1. The highest BCUT2D eigenvalue weighted by Gasteiger charge is 2.76. The van der Waals surface area contributed by atoms with E-state index >= 15 is 0 Å². The minimum atomic E-state index is -2.13. The molecule has 0 aromatic heterocycles. The van der Waals surface area contributed by atoms with Crippen molar-refractivity contribution in [2.24, 2.45) is 17.8 Å². The lowest BCUT2D eigenvalue weighted by Gasteiger charge is -2.50. The molecule has 236 valence electrons. The number of anilines is 1. The summed E-state index contributed by atoms with van der Waals surface area (Å²) in [4.78, 5) is 64.6. The molecule has 2 saturated heterocycles. The molecule has 6 rings (SSSR count). The maximum atomic E-state index is 14.3. The maximum absolute atomic E-state index is 14.3. The molecule has 45 heavy (non-hydrogen) atoms. The Balaban J connectivity index is 1.42. The van der Waals surface area contributed by atoms with E-state index in [2.05, 4.69) is 0 Å². The summed E-state index contributed by atoms with van der Waals surface area (Å²) in [6, 6.07) is 8.85. The molecule has 0 bridgehead atoms. The molecule has 2 heterocycles. The van der Waals surface area contributed by atoms with Crippen molar-refractivity contribution in [3.05, 3.63) is 70.5 Å². The normalized spacial score (nSPS) is 30.7. The number of benzene rings is 2. The van der Waals surface area contributed by atoms with E-state index < -0.39 is 62.9 Å². The number of fused-ring (bicyclic) bond motifs is 4. The average molecular weight is 678 g/mol. The van der Waals surface area contributed by atoms with Crippen LogP contribution in [0.25, 0.3) is 0 Å². The van der Waals surface area contributed by atoms with Crippen LogP contribution < -0.4 is 4.90 Å². The van der Waals surface area contributed by atoms with Gasteiger partial charge in [0.2, 0.25) is 11.8 Å². The summed E-state index contributed by atoms with van der Waals surface area (Å²) in [5.74, 6) is -7.60. The summed E-state index contributed by atoms with van der Waals surface area (Å²) in [5, 5.41) is 19.0. The van der Waals surface area contributed by atoms with E-state index in [1.54, 1.807) is 6.08 Å². The minimum absolute atomic E-state index is 0.0105. The molecule has 2 aromatic rings. The number of carbonyl (C=O) groups excluding carboxylic acids is 4. The summed E-state index contributed by atoms with van der Waals surface area (Å²) < 4.78 is 13.8. The number of imide groups is 2. The van der Waals surface area contributed by atoms with E-state index in [1.807, 2.05) is 0 Å². The SMILES string of the molecule is O=C(O)CCCCCN1C(=O)C2CC=C3C(CC4(Cl)C(=O)N(c5ccc(F)cc5)C(=O)C4(Cl)C3c3ccc(O)cc3Cl)C2C1=O. The van der Waals surface area contributed by atoms with Gasteiger partial charge in [0.1, 0.15) is 11.6 Å². The lowest BCUT2D eigenvalue weighted by Crippen LogP contribution is -2.60. The Hall–Kier alpha value is -3.47. The third-order valence-corrected chi connectivity index (χ3v) is 11.3. The molecular weight excluding hydrogens is 650 g/mol. The van der Waals surface area contributed by atoms with Crippen molar-refractivity contribution in [3.63, 3.8) is 0 Å². The van der Waals surface area contributed by atoms with Crippen LogP contribution in [0.4, 0.5) is 10.1 Å². The van der Waals surface area contributed by atoms with Gasteiger partial charge < -0.3 is 10.2 Å². The number of carbonyl (C=O) groups is 5. The van der Waals surface area contributed by atoms with Gasteiger partial charge in [-0.25, -0.2) is 9.29 Å². The zero-order valence-corrected chi connectivity index (χ0v) is 26.0. The molecule has 9 nitrogen and oxygen atoms in total. The van der Waals surface area contributed by atoms with Gasteiger partial charge in [0.15, 0.2) is 9.75 Å². The van der Waals surface area contributed by atoms with Gasteiger partial charge in [-0.15, -0.1) is 23.2 Å². The van der Waals surface area contributed by atoms with Gasteiger partial charge in [-0.1, -0.05) is 35.7 Å². The quantitative estimate of drug-likeness (QED) is 0.166. The van der Waals surface area contributed by atoms with Gasteiger partial charge >= 0.3 is 5.97 Å². The third-order valence-electron chi connectivity index (χ3n) is 9.55. The van der Waals surface area contributed by atoms with Crippen LogP contribution in [0.1, 0.15) is 50.0 Å². The zero-order chi connectivity index (χ0) is 32.4. The third kappa shape index (κ3) is 4.75. The molecule has 2 aliphatic heterocycles. The number of allylic oxidation sites excluding steroid dienone is 2. The Morgan fingerprint density at radius 1 is 0.956 bits per heavy atom. The molecule has 6 unspecified atom stereocenters. The van der Waals surface area contributed by atoms with E-state index in [0.29, 0.717) is 30.4 Å². The Morgan fingerprint density at radius 3 is 2.33 bits per heavy atom. The smallest absolute Gasteiger partial charge is 0.303 e. The number of aliphatic carboxylic acids is 1. The van der Waals surface area contributed by atoms with Crippen LogP contribution in [-0.2, 0) is 24.0 Å². The molecular formula is C32H28Cl3FN2O7. The second kappa shape index (κ2) is 11.4. The number of aromatic hydroxyl groups is 1. The highest BCUT2D eigenvalue weighted by atomic mass is 35.5. The molecule has 1 saturated carbocycles. The molecule has 2 aliphatic carbocycles. The minimum Gasteiger partial charge on any atom is -0.508 e. The molecule has 6 atom stereocenters. The Kier molecular flexibility index (Phi) is 7.98. The summed E-state index contributed by atoms with van der Waals surface area (Å²) in [7, 11) is 0. The second-order valence-electron chi connectivity index (χ2n) is 12.0. The number of hydrogen-bond donors (Lipinski definition) is 2. The van der Waals surface area contributed by atoms with E-state index in [1.165, 1.54) is 35.2 Å². The van der Waals surface area contributed by atoms with Crippen molar-refractivity contribution in [2.45, 2.75) is 54.2 Å². The van der Waals surface area contributed by atoms with Gasteiger partial charge in [0.25, 0.3) is 11.8 Å². The lowest BCUT2D eigenvalue weighted by atomic mass is 9.56. The second-order valence-corrected chi connectivity index (χ2v) is 13.6. The van der Waals surface area contributed by atoms with Crippen LogP contribution in [0.3, 0.4) is 0 Å². The van der Waals surface area contributed by atoms with Gasteiger partial charge in [-0.2, -0.15) is 0 Å². The largest absolute Gasteiger partial charge is 0.508 e. The molecule has 2 aromatic carbocycles. The first-order valence-corrected chi connectivity index (χ1v) is 15.7. The standard InChI is InChI=1S/C32H28Cl3FN2O7/c33-23-14-18(39)9-10-20(23)26-19-11-12-21-25(28(43)37(27(21)42)13-3-1-2-4-24(40)41)22(19)15-31(34)29(44)38(30(45)32(26,31)35)17-7-5-16(36)6-8-17/h5-11,14,21-22,25-26,39H,1-4,12-13,15H2,(H,40,41). The van der Waals surface area contributed by atoms with Crippen LogP contribution in [0.15, 0.2) is 54.1 Å². The van der Waals surface area contributed by atoms with E-state index in [0.717, 1.165) is 17.0 Å². The van der Waals surface area contributed by atoms with Crippen molar-refractivity contribution in [1.82, 2.24) is 4.90 Å². The maximum Gasteiger partial charge on any atom is 0.303 e. The molecule has 4 aliphatic rings. The van der Waals surface area contributed by atoms with Crippen molar-refractivity contribution in [2.75, 3.05) is 11.4 Å². The highest BCUT2D eigenvalue weighted by Crippen LogP contribution is 2.66. The number of carboxylic acid groups (broad SMARTS) is 1. The summed E-state index contributed by atoms with van der Waals surface area (Å²) in [5.41, 5.74) is 0.909. The number of alkyl halides is 2. The molecule has 13 heteroatoms. The summed E-state index contributed by atoms with van der Waals surface area (Å²) in [6.45, 7) is 0.126. The first-order valence-electron chi connectivity index (χ1n) is 14.6. The van der Waals surface area contributed by atoms with Crippen molar-refractivity contribution >= 4 is 70.1 Å². The van der Waals surface area contributed by atoms with Gasteiger partial charge in [0, 0.05) is 23.9 Å². The predicted molar refractivity (Wildman–Crippen MR) is 163 cm³/mol. The van der Waals surface area contributed by atoms with Gasteiger partial charge in [-0.05, 0) is 73.6 Å². The monoisotopic (exact) mass is 676 g/mol. The van der Waals surface area contributed by atoms with Crippen molar-refractivity contribution < 1.29 is 38.6 Å². The predicted octanol–water partition coefficient (Wildman–Crippen LogP) is 5.39. The Morgan fingerprint density at radius 2 is 1.67 bits per heavy atom. The molecule has 0 radical (unpaired) electrons. The number of phenolic OH excluding ortho intramolecular Hbond substituents is 1. The number of hydrogen-bond acceptors (Lipinski definition) is 6. The zero-order valence-electron chi connectivity index (χ0n) is 23.7. The van der Waals surface area contributed by atoms with Crippen molar-refractivity contribution in [1.29, 1.82) is 0 Å². The molecule has 4 amide bonds. The fraction of sp³-hybridized carbons (Fsp3) is 0.406. The number of nitrogens with zero attached hydrogens (tertiary/aromatic N) is 2. The van der Waals surface area contributed by atoms with Crippen LogP contribution >= 0.6 is 34.8 Å². The van der Waals surface area contributed by atoms with Crippen molar-refractivity contribution in [3.8, 4) is 5.75 Å². The first kappa shape index (κ1) is 31.5. The number of rotatable bonds is 8. The number of likely N-dealkylation sites (tertiary alicyclic amines) is 1. The van der Waals surface area contributed by atoms with E-state index in [4.69, 9.17) is 39.9 Å². The highest BCUT2D eigenvalue weighted by molar-refractivity contribution is 6.58. The van der Waals surface area contributed by atoms with Gasteiger partial charge in [-0.3, -0.25) is 28.9 Å². The van der Waals surface area contributed by atoms with E-state index in [-0.39, 0.29) is 48.2 Å². The van der Waals surface area contributed by atoms with Crippen LogP contribution in [0.2, 0.25) is 5.02 Å². The molecule has 3 fully saturated rings. The number of amides is 4. The average Bonchev–Trinajstić information content (AvgIpc) is 3.31. The van der Waals surface area contributed by atoms with E-state index in [9.17, 15) is 33.5 Å². The lowest BCUT2D eigenvalue weighted by molar-refractivity contribution is -0.141. The number of carboxylic acids is 1. The number of unbranched alkanes of at least 4 members (excludes halogenated alkanes) is 2.